The molecular weight excluding hydrogens is 416 g/mol. The summed E-state index contributed by atoms with van der Waals surface area (Å²) in [5.41, 5.74) is 0.389. The first kappa shape index (κ1) is 22.5. The maximum Gasteiger partial charge on any atom is 0.186 e. The summed E-state index contributed by atoms with van der Waals surface area (Å²) in [7, 11) is 0. The van der Waals surface area contributed by atoms with E-state index >= 15 is 0 Å². The van der Waals surface area contributed by atoms with E-state index in [2.05, 4.69) is 15.3 Å². The number of anilines is 1. The van der Waals surface area contributed by atoms with Gasteiger partial charge in [-0.2, -0.15) is 0 Å². The molecule has 1 saturated heterocycles. The Morgan fingerprint density at radius 3 is 2.58 bits per heavy atom. The third-order valence-electron chi connectivity index (χ3n) is 6.16. The number of nitrogens with one attached hydrogen (secondary N) is 1. The smallest absolute Gasteiger partial charge is 0.186 e. The molecule has 13 nitrogen and oxygen atoms in total. The number of nitrogens with zero attached hydrogens (tertiary/aromatic N) is 3. The number of aliphatic hydroxyl groups is 7. The van der Waals surface area contributed by atoms with Gasteiger partial charge in [-0.05, 0) is 6.42 Å². The summed E-state index contributed by atoms with van der Waals surface area (Å²) >= 11 is 0. The number of hydrogen-bond acceptors (Lipinski definition) is 12. The lowest BCUT2D eigenvalue weighted by molar-refractivity contribution is -0.304. The van der Waals surface area contributed by atoms with E-state index in [1.54, 1.807) is 4.57 Å². The van der Waals surface area contributed by atoms with E-state index in [0.29, 0.717) is 11.5 Å². The van der Waals surface area contributed by atoms with Crippen LogP contribution in [0.5, 0.6) is 0 Å². The van der Waals surface area contributed by atoms with Crippen LogP contribution in [0.15, 0.2) is 11.3 Å². The minimum Gasteiger partial charge on any atom is -0.394 e. The normalized spacial score (nSPS) is 42.8. The predicted octanol–water partition coefficient (Wildman–Crippen LogP) is -3.53. The second-order valence-corrected chi connectivity index (χ2v) is 8.11. The van der Waals surface area contributed by atoms with Crippen molar-refractivity contribution in [2.75, 3.05) is 25.1 Å². The van der Waals surface area contributed by atoms with Crippen LogP contribution in [0.1, 0.15) is 24.3 Å². The van der Waals surface area contributed by atoms with Gasteiger partial charge in [0.15, 0.2) is 6.29 Å². The molecule has 1 aromatic heterocycles. The van der Waals surface area contributed by atoms with Gasteiger partial charge in [0.05, 0.1) is 44.6 Å². The standard InChI is InChI=1S/C18H28N4O9/c23-3-10-14(27)15(28)16(29)18(31-10)30-4-7-1-8(13(26)12(7)25)22-6-21-11-9(24)2-19-5-20-17(11)22/h5-10,12-16,18,23-29H,1-4H2,(H,19,20)/t7-,8-,9?,10+,12-,13+,14+,15-,16+,18+/m1/s1. The predicted molar refractivity (Wildman–Crippen MR) is 103 cm³/mol. The molecule has 1 saturated carbocycles. The molecule has 2 aliphatic heterocycles. The molecule has 3 heterocycles. The SMILES string of the molecule is OC[C@@H]1O[C@H](OC[C@H]2C[C@@H](n3cnc4c3NC=NCC4O)[C@H](O)[C@@H]2O)[C@@H](O)[C@H](O)[C@H]1O. The van der Waals surface area contributed by atoms with Crippen molar-refractivity contribution in [3.8, 4) is 0 Å². The maximum absolute atomic E-state index is 10.6. The van der Waals surface area contributed by atoms with Crippen LogP contribution in [0, 0.1) is 5.92 Å². The van der Waals surface area contributed by atoms with Crippen molar-refractivity contribution in [2.45, 2.75) is 61.5 Å². The molecule has 3 aliphatic rings. The fourth-order valence-electron chi connectivity index (χ4n) is 4.33. The largest absolute Gasteiger partial charge is 0.394 e. The van der Waals surface area contributed by atoms with E-state index in [1.807, 2.05) is 0 Å². The zero-order chi connectivity index (χ0) is 22.3. The third-order valence-corrected chi connectivity index (χ3v) is 6.16. The number of fused-ring (bicyclic) bond motifs is 1. The van der Waals surface area contributed by atoms with Crippen molar-refractivity contribution >= 4 is 12.2 Å². The minimum absolute atomic E-state index is 0.119. The Hall–Kier alpha value is -1.68. The minimum atomic E-state index is -1.57. The number of aliphatic hydroxyl groups excluding tert-OH is 7. The first-order chi connectivity index (χ1) is 14.8. The second-order valence-electron chi connectivity index (χ2n) is 8.11. The van der Waals surface area contributed by atoms with Gasteiger partial charge in [-0.15, -0.1) is 0 Å². The number of imidazole rings is 1. The van der Waals surface area contributed by atoms with Crippen molar-refractivity contribution in [3.63, 3.8) is 0 Å². The lowest BCUT2D eigenvalue weighted by Crippen LogP contribution is -2.59. The van der Waals surface area contributed by atoms with Crippen LogP contribution < -0.4 is 5.32 Å². The summed E-state index contributed by atoms with van der Waals surface area (Å²) in [6.45, 7) is -0.542. The van der Waals surface area contributed by atoms with Crippen molar-refractivity contribution in [2.24, 2.45) is 10.9 Å². The van der Waals surface area contributed by atoms with E-state index in [4.69, 9.17) is 9.47 Å². The average molecular weight is 444 g/mol. The highest BCUT2D eigenvalue weighted by atomic mass is 16.7. The molecule has 0 spiro atoms. The monoisotopic (exact) mass is 444 g/mol. The summed E-state index contributed by atoms with van der Waals surface area (Å²) in [5.74, 6) is -0.0738. The summed E-state index contributed by atoms with van der Waals surface area (Å²) < 4.78 is 12.5. The molecule has 4 rings (SSSR count). The molecule has 31 heavy (non-hydrogen) atoms. The van der Waals surface area contributed by atoms with E-state index in [9.17, 15) is 35.7 Å². The van der Waals surface area contributed by atoms with E-state index in [-0.39, 0.29) is 19.6 Å². The molecule has 0 amide bonds. The van der Waals surface area contributed by atoms with Gasteiger partial charge in [-0.25, -0.2) is 4.98 Å². The van der Waals surface area contributed by atoms with Gasteiger partial charge in [-0.1, -0.05) is 0 Å². The highest BCUT2D eigenvalue weighted by molar-refractivity contribution is 5.76. The lowest BCUT2D eigenvalue weighted by atomic mass is 9.99. The number of rotatable bonds is 5. The Morgan fingerprint density at radius 1 is 1.06 bits per heavy atom. The molecule has 0 bridgehead atoms. The first-order valence-electron chi connectivity index (χ1n) is 10.1. The van der Waals surface area contributed by atoms with Gasteiger partial charge >= 0.3 is 0 Å². The molecule has 1 aromatic rings. The molecule has 1 unspecified atom stereocenters. The summed E-state index contributed by atoms with van der Waals surface area (Å²) in [4.78, 5) is 8.21. The molecule has 2 fully saturated rings. The zero-order valence-electron chi connectivity index (χ0n) is 16.5. The molecule has 13 heteroatoms. The van der Waals surface area contributed by atoms with Crippen LogP contribution in [0.3, 0.4) is 0 Å². The van der Waals surface area contributed by atoms with Gasteiger partial charge in [0.1, 0.15) is 48.1 Å². The maximum atomic E-state index is 10.6. The molecule has 10 atom stereocenters. The highest BCUT2D eigenvalue weighted by Crippen LogP contribution is 2.39. The first-order valence-corrected chi connectivity index (χ1v) is 10.1. The summed E-state index contributed by atoms with van der Waals surface area (Å²) in [5, 5.41) is 73.3. The Balaban J connectivity index is 1.44. The van der Waals surface area contributed by atoms with E-state index in [0.717, 1.165) is 0 Å². The van der Waals surface area contributed by atoms with Crippen LogP contribution in [0.4, 0.5) is 5.82 Å². The van der Waals surface area contributed by atoms with Crippen molar-refractivity contribution < 1.29 is 45.2 Å². The molecule has 1 aliphatic carbocycles. The van der Waals surface area contributed by atoms with Gasteiger partial charge in [0.2, 0.25) is 0 Å². The van der Waals surface area contributed by atoms with Crippen LogP contribution in [-0.4, -0.2) is 114 Å². The third kappa shape index (κ3) is 4.08. The Bertz CT molecular complexity index is 790. The number of aromatic nitrogens is 2. The van der Waals surface area contributed by atoms with Gasteiger partial charge in [0.25, 0.3) is 0 Å². The van der Waals surface area contributed by atoms with Gasteiger partial charge in [-0.3, -0.25) is 4.99 Å². The Morgan fingerprint density at radius 2 is 1.84 bits per heavy atom. The van der Waals surface area contributed by atoms with Gasteiger partial charge in [0, 0.05) is 5.92 Å². The average Bonchev–Trinajstić information content (AvgIpc) is 3.24. The van der Waals surface area contributed by atoms with Crippen molar-refractivity contribution in [1.29, 1.82) is 0 Å². The lowest BCUT2D eigenvalue weighted by Gasteiger charge is -2.40. The van der Waals surface area contributed by atoms with Crippen LogP contribution in [0.2, 0.25) is 0 Å². The Labute approximate surface area is 177 Å². The topological polar surface area (TPSA) is 202 Å². The van der Waals surface area contributed by atoms with E-state index in [1.165, 1.54) is 12.7 Å². The number of hydrogen-bond donors (Lipinski definition) is 8. The molecule has 0 radical (unpaired) electrons. The molecule has 8 N–H and O–H groups in total. The van der Waals surface area contributed by atoms with Crippen molar-refractivity contribution in [3.05, 3.63) is 12.0 Å². The second kappa shape index (κ2) is 9.05. The molecular formula is C18H28N4O9. The molecule has 0 aromatic carbocycles. The number of aliphatic imine (C=N–C) groups is 1. The zero-order valence-corrected chi connectivity index (χ0v) is 16.5. The van der Waals surface area contributed by atoms with Crippen LogP contribution in [0.25, 0.3) is 0 Å². The van der Waals surface area contributed by atoms with Crippen LogP contribution in [-0.2, 0) is 9.47 Å². The quantitative estimate of drug-likeness (QED) is 0.224. The summed E-state index contributed by atoms with van der Waals surface area (Å²) in [6, 6.07) is -0.569. The Kier molecular flexibility index (Phi) is 6.57. The fourth-order valence-corrected chi connectivity index (χ4v) is 4.33. The number of ether oxygens (including phenoxy) is 2. The van der Waals surface area contributed by atoms with Crippen molar-refractivity contribution in [1.82, 2.24) is 9.55 Å². The van der Waals surface area contributed by atoms with Gasteiger partial charge < -0.3 is 55.1 Å². The van der Waals surface area contributed by atoms with E-state index < -0.39 is 67.6 Å². The molecule has 174 valence electrons. The highest BCUT2D eigenvalue weighted by Gasteiger charge is 2.47. The summed E-state index contributed by atoms with van der Waals surface area (Å²) in [6.07, 6.45) is -7.04. The fraction of sp³-hybridized carbons (Fsp3) is 0.778. The van der Waals surface area contributed by atoms with Crippen LogP contribution >= 0.6 is 0 Å².